The molecule has 6 nitrogen and oxygen atoms in total. The average molecular weight is 328 g/mol. The van der Waals surface area contributed by atoms with Crippen LogP contribution in [0.25, 0.3) is 0 Å². The molecule has 1 aromatic carbocycles. The molecule has 1 aliphatic heterocycles. The summed E-state index contributed by atoms with van der Waals surface area (Å²) in [5.41, 5.74) is 2.04. The number of rotatable bonds is 4. The van der Waals surface area contributed by atoms with Crippen LogP contribution in [0.15, 0.2) is 29.1 Å². The number of nitrogens with one attached hydrogen (secondary N) is 1. The van der Waals surface area contributed by atoms with E-state index in [-0.39, 0.29) is 24.2 Å². The zero-order chi connectivity index (χ0) is 17.1. The van der Waals surface area contributed by atoms with E-state index in [2.05, 4.69) is 10.4 Å². The quantitative estimate of drug-likeness (QED) is 0.933. The molecule has 3 rings (SSSR count). The molecule has 24 heavy (non-hydrogen) atoms. The zero-order valence-corrected chi connectivity index (χ0v) is 14.3. The van der Waals surface area contributed by atoms with Crippen LogP contribution >= 0.6 is 0 Å². The highest BCUT2D eigenvalue weighted by molar-refractivity contribution is 5.76. The van der Waals surface area contributed by atoms with E-state index in [1.807, 2.05) is 38.1 Å². The average Bonchev–Trinajstić information content (AvgIpc) is 2.73. The molecule has 128 valence electrons. The number of aromatic nitrogens is 3. The summed E-state index contributed by atoms with van der Waals surface area (Å²) >= 11 is 0. The Balaban J connectivity index is 1.69. The largest absolute Gasteiger partial charge is 0.348 e. The predicted molar refractivity (Wildman–Crippen MR) is 91.8 cm³/mol. The second-order valence-electron chi connectivity index (χ2n) is 6.46. The summed E-state index contributed by atoms with van der Waals surface area (Å²) in [7, 11) is 0. The number of aryl methyl sites for hydroxylation is 2. The van der Waals surface area contributed by atoms with Crippen molar-refractivity contribution >= 4 is 5.91 Å². The molecule has 0 fully saturated rings. The molecule has 1 atom stereocenters. The Morgan fingerprint density at radius 1 is 1.29 bits per heavy atom. The fraction of sp³-hybridized carbons (Fsp3) is 0.500. The lowest BCUT2D eigenvalue weighted by Gasteiger charge is -2.16. The Labute approximate surface area is 141 Å². The lowest BCUT2D eigenvalue weighted by Crippen LogP contribution is -2.35. The van der Waals surface area contributed by atoms with Crippen molar-refractivity contribution in [3.05, 3.63) is 51.7 Å². The predicted octanol–water partition coefficient (Wildman–Crippen LogP) is 1.96. The minimum Gasteiger partial charge on any atom is -0.348 e. The highest BCUT2D eigenvalue weighted by Crippen LogP contribution is 2.16. The lowest BCUT2D eigenvalue weighted by molar-refractivity contribution is -0.122. The van der Waals surface area contributed by atoms with E-state index in [1.165, 1.54) is 4.68 Å². The third-order valence-corrected chi connectivity index (χ3v) is 4.61. The third kappa shape index (κ3) is 3.42. The standard InChI is InChI=1S/C18H24N4O2/c1-13-8-5-6-9-15(13)14(2)19-17(23)12-22-18(24)21-11-7-3-4-10-16(21)20-22/h5-6,8-9,14H,3-4,7,10-12H2,1-2H3,(H,19,23). The molecule has 1 amide bonds. The van der Waals surface area contributed by atoms with E-state index in [1.54, 1.807) is 4.57 Å². The molecule has 0 aliphatic carbocycles. The van der Waals surface area contributed by atoms with E-state index in [0.29, 0.717) is 6.54 Å². The Hall–Kier alpha value is -2.37. The lowest BCUT2D eigenvalue weighted by atomic mass is 10.0. The molecular weight excluding hydrogens is 304 g/mol. The molecule has 1 aromatic heterocycles. The van der Waals surface area contributed by atoms with Crippen LogP contribution in [0.1, 0.15) is 49.2 Å². The maximum atomic E-state index is 12.4. The maximum Gasteiger partial charge on any atom is 0.346 e. The summed E-state index contributed by atoms with van der Waals surface area (Å²) in [6.45, 7) is 4.64. The fourth-order valence-corrected chi connectivity index (χ4v) is 3.30. The molecule has 2 heterocycles. The third-order valence-electron chi connectivity index (χ3n) is 4.61. The number of carbonyl (C=O) groups excluding carboxylic acids is 1. The number of hydrogen-bond donors (Lipinski definition) is 1. The Morgan fingerprint density at radius 3 is 2.88 bits per heavy atom. The van der Waals surface area contributed by atoms with E-state index >= 15 is 0 Å². The smallest absolute Gasteiger partial charge is 0.346 e. The van der Waals surface area contributed by atoms with Crippen LogP contribution in [-0.2, 0) is 24.3 Å². The first-order valence-electron chi connectivity index (χ1n) is 8.57. The minimum atomic E-state index is -0.193. The monoisotopic (exact) mass is 328 g/mol. The van der Waals surface area contributed by atoms with Crippen LogP contribution < -0.4 is 11.0 Å². The molecular formula is C18H24N4O2. The summed E-state index contributed by atoms with van der Waals surface area (Å²) in [4.78, 5) is 24.7. The van der Waals surface area contributed by atoms with Gasteiger partial charge in [0.05, 0.1) is 6.04 Å². The van der Waals surface area contributed by atoms with E-state index < -0.39 is 0 Å². The van der Waals surface area contributed by atoms with Gasteiger partial charge in [-0.05, 0) is 37.8 Å². The van der Waals surface area contributed by atoms with Gasteiger partial charge in [0.15, 0.2) is 0 Å². The van der Waals surface area contributed by atoms with Gasteiger partial charge in [-0.1, -0.05) is 30.7 Å². The SMILES string of the molecule is Cc1ccccc1C(C)NC(=O)Cn1nc2n(c1=O)CCCCC2. The molecule has 1 aliphatic rings. The van der Waals surface area contributed by atoms with E-state index in [0.717, 1.165) is 42.6 Å². The van der Waals surface area contributed by atoms with Gasteiger partial charge in [-0.2, -0.15) is 5.10 Å². The van der Waals surface area contributed by atoms with Gasteiger partial charge in [-0.15, -0.1) is 0 Å². The van der Waals surface area contributed by atoms with Crippen LogP contribution in [0.5, 0.6) is 0 Å². The van der Waals surface area contributed by atoms with Gasteiger partial charge < -0.3 is 5.32 Å². The highest BCUT2D eigenvalue weighted by Gasteiger charge is 2.18. The van der Waals surface area contributed by atoms with Gasteiger partial charge in [-0.3, -0.25) is 9.36 Å². The van der Waals surface area contributed by atoms with Gasteiger partial charge in [0.25, 0.3) is 0 Å². The maximum absolute atomic E-state index is 12.4. The van der Waals surface area contributed by atoms with Crippen molar-refractivity contribution in [1.29, 1.82) is 0 Å². The van der Waals surface area contributed by atoms with Crippen LogP contribution in [-0.4, -0.2) is 20.3 Å². The number of hydrogen-bond acceptors (Lipinski definition) is 3. The van der Waals surface area contributed by atoms with Gasteiger partial charge >= 0.3 is 5.69 Å². The van der Waals surface area contributed by atoms with Crippen molar-refractivity contribution in [2.24, 2.45) is 0 Å². The van der Waals surface area contributed by atoms with Gasteiger partial charge in [0.2, 0.25) is 5.91 Å². The minimum absolute atomic E-state index is 0.0327. The van der Waals surface area contributed by atoms with Crippen LogP contribution in [0.2, 0.25) is 0 Å². The first-order chi connectivity index (χ1) is 11.6. The van der Waals surface area contributed by atoms with Gasteiger partial charge in [-0.25, -0.2) is 9.48 Å². The molecule has 1 unspecified atom stereocenters. The highest BCUT2D eigenvalue weighted by atomic mass is 16.2. The summed E-state index contributed by atoms with van der Waals surface area (Å²) in [5.74, 6) is 0.610. The first kappa shape index (κ1) is 16.5. The van der Waals surface area contributed by atoms with Crippen LogP contribution in [0, 0.1) is 6.92 Å². The van der Waals surface area contributed by atoms with Crippen molar-refractivity contribution in [2.75, 3.05) is 0 Å². The van der Waals surface area contributed by atoms with Crippen molar-refractivity contribution < 1.29 is 4.79 Å². The number of benzene rings is 1. The molecule has 0 bridgehead atoms. The molecule has 6 heteroatoms. The summed E-state index contributed by atoms with van der Waals surface area (Å²) < 4.78 is 3.01. The fourth-order valence-electron chi connectivity index (χ4n) is 3.30. The number of amides is 1. The van der Waals surface area contributed by atoms with Crippen LogP contribution in [0.3, 0.4) is 0 Å². The first-order valence-corrected chi connectivity index (χ1v) is 8.57. The normalized spacial score (nSPS) is 15.4. The molecule has 0 spiro atoms. The zero-order valence-electron chi connectivity index (χ0n) is 14.3. The number of fused-ring (bicyclic) bond motifs is 1. The Bertz CT molecular complexity index is 791. The summed E-state index contributed by atoms with van der Waals surface area (Å²) in [5, 5.41) is 7.31. The van der Waals surface area contributed by atoms with E-state index in [9.17, 15) is 9.59 Å². The number of nitrogens with zero attached hydrogens (tertiary/aromatic N) is 3. The summed E-state index contributed by atoms with van der Waals surface area (Å²) in [6.07, 6.45) is 3.97. The van der Waals surface area contributed by atoms with Gasteiger partial charge in [0.1, 0.15) is 12.4 Å². The summed E-state index contributed by atoms with van der Waals surface area (Å²) in [6, 6.07) is 7.86. The second-order valence-corrected chi connectivity index (χ2v) is 6.46. The second kappa shape index (κ2) is 7.03. The molecule has 1 N–H and O–H groups in total. The van der Waals surface area contributed by atoms with Crippen molar-refractivity contribution in [2.45, 2.75) is 58.7 Å². The Kier molecular flexibility index (Phi) is 4.83. The van der Waals surface area contributed by atoms with Crippen molar-refractivity contribution in [1.82, 2.24) is 19.7 Å². The van der Waals surface area contributed by atoms with Crippen molar-refractivity contribution in [3.8, 4) is 0 Å². The van der Waals surface area contributed by atoms with Gasteiger partial charge in [0, 0.05) is 13.0 Å². The molecule has 0 radical (unpaired) electrons. The molecule has 2 aromatic rings. The molecule has 0 saturated carbocycles. The number of carbonyl (C=O) groups is 1. The van der Waals surface area contributed by atoms with Crippen LogP contribution in [0.4, 0.5) is 0 Å². The topological polar surface area (TPSA) is 68.9 Å². The van der Waals surface area contributed by atoms with E-state index in [4.69, 9.17) is 0 Å². The van der Waals surface area contributed by atoms with Crippen molar-refractivity contribution in [3.63, 3.8) is 0 Å². The Morgan fingerprint density at radius 2 is 2.08 bits per heavy atom. The molecule has 0 saturated heterocycles.